The van der Waals surface area contributed by atoms with Crippen molar-refractivity contribution in [2.45, 2.75) is 44.3 Å². The van der Waals surface area contributed by atoms with Gasteiger partial charge in [-0.2, -0.15) is 13.2 Å². The molecule has 0 radical (unpaired) electrons. The summed E-state index contributed by atoms with van der Waals surface area (Å²) in [5.41, 5.74) is 5.42. The molecule has 1 saturated carbocycles. The van der Waals surface area contributed by atoms with Crippen LogP contribution in [0, 0.1) is 0 Å². The normalized spacial score (nSPS) is 17.5. The van der Waals surface area contributed by atoms with E-state index in [1.54, 1.807) is 11.0 Å². The molecule has 45 heavy (non-hydrogen) atoms. The van der Waals surface area contributed by atoms with Gasteiger partial charge in [0.1, 0.15) is 5.65 Å². The van der Waals surface area contributed by atoms with E-state index in [1.165, 1.54) is 18.4 Å². The van der Waals surface area contributed by atoms with Crippen molar-refractivity contribution in [3.63, 3.8) is 0 Å². The summed E-state index contributed by atoms with van der Waals surface area (Å²) < 4.78 is 37.1. The highest BCUT2D eigenvalue weighted by molar-refractivity contribution is 6.34. The van der Waals surface area contributed by atoms with Crippen LogP contribution < -0.4 is 5.32 Å². The predicted octanol–water partition coefficient (Wildman–Crippen LogP) is 5.73. The number of carboxylic acids is 1. The first-order valence-corrected chi connectivity index (χ1v) is 15.1. The number of morpholine rings is 1. The molecular weight excluding hydrogens is 615 g/mol. The number of amides is 3. The molecule has 3 aliphatic rings. The number of carbonyl (C=O) groups is 3. The SMILES string of the molecule is O=C(NC1CCCC1)N1CC=C(c2c[nH]c3ncc(-c4ccc(Cl)c(C(=O)N5CCOCC5)c4)cc23)CC1.O=C(O)C(F)(F)F. The van der Waals surface area contributed by atoms with E-state index in [2.05, 4.69) is 27.4 Å². The molecule has 2 aromatic heterocycles. The van der Waals surface area contributed by atoms with Gasteiger partial charge in [-0.05, 0) is 48.6 Å². The Morgan fingerprint density at radius 2 is 1.76 bits per heavy atom. The Morgan fingerprint density at radius 1 is 1.04 bits per heavy atom. The number of urea groups is 1. The van der Waals surface area contributed by atoms with Crippen molar-refractivity contribution in [2.75, 3.05) is 39.4 Å². The number of aromatic amines is 1. The maximum Gasteiger partial charge on any atom is 0.490 e. The third kappa shape index (κ3) is 7.77. The van der Waals surface area contributed by atoms with Crippen molar-refractivity contribution >= 4 is 46.1 Å². The Morgan fingerprint density at radius 3 is 2.40 bits per heavy atom. The fourth-order valence-electron chi connectivity index (χ4n) is 5.67. The van der Waals surface area contributed by atoms with Crippen molar-refractivity contribution in [1.29, 1.82) is 0 Å². The van der Waals surface area contributed by atoms with Gasteiger partial charge in [0.15, 0.2) is 0 Å². The fourth-order valence-corrected chi connectivity index (χ4v) is 5.87. The zero-order valence-corrected chi connectivity index (χ0v) is 25.1. The smallest absolute Gasteiger partial charge is 0.475 e. The first kappa shape index (κ1) is 32.3. The third-order valence-corrected chi connectivity index (χ3v) is 8.46. The maximum atomic E-state index is 13.1. The number of fused-ring (bicyclic) bond motifs is 1. The molecule has 2 fully saturated rings. The van der Waals surface area contributed by atoms with E-state index in [1.807, 2.05) is 29.4 Å². The lowest BCUT2D eigenvalue weighted by atomic mass is 9.97. The molecule has 0 spiro atoms. The molecule has 3 amide bonds. The molecule has 1 aliphatic carbocycles. The molecule has 0 bridgehead atoms. The highest BCUT2D eigenvalue weighted by Gasteiger charge is 2.38. The summed E-state index contributed by atoms with van der Waals surface area (Å²) in [6.07, 6.45) is 6.24. The number of benzene rings is 1. The van der Waals surface area contributed by atoms with Crippen molar-refractivity contribution in [1.82, 2.24) is 25.1 Å². The molecule has 0 unspecified atom stereocenters. The number of nitrogens with zero attached hydrogens (tertiary/aromatic N) is 3. The Balaban J connectivity index is 0.000000515. The third-order valence-electron chi connectivity index (χ3n) is 8.13. The quantitative estimate of drug-likeness (QED) is 0.332. The molecule has 240 valence electrons. The summed E-state index contributed by atoms with van der Waals surface area (Å²) in [5.74, 6) is -2.84. The van der Waals surface area contributed by atoms with E-state index in [0.29, 0.717) is 56.0 Å². The molecule has 3 aromatic rings. The molecule has 3 N–H and O–H groups in total. The number of halogens is 4. The number of carboxylic acid groups (broad SMARTS) is 1. The number of alkyl halides is 3. The van der Waals surface area contributed by atoms with Gasteiger partial charge in [0.2, 0.25) is 0 Å². The molecule has 4 heterocycles. The molecule has 1 aromatic carbocycles. The number of ether oxygens (including phenoxy) is 1. The van der Waals surface area contributed by atoms with Crippen LogP contribution in [0.5, 0.6) is 0 Å². The average Bonchev–Trinajstić information content (AvgIpc) is 3.71. The first-order valence-electron chi connectivity index (χ1n) is 14.7. The molecule has 14 heteroatoms. The van der Waals surface area contributed by atoms with Gasteiger partial charge in [-0.1, -0.05) is 36.6 Å². The Bertz CT molecular complexity index is 1600. The number of aromatic nitrogens is 2. The van der Waals surface area contributed by atoms with E-state index >= 15 is 0 Å². The standard InChI is InChI=1S/C29H32ClN5O3.C2HF3O2/c30-26-6-5-20(15-24(26)28(36)34-11-13-38-14-12-34)21-16-23-25(18-32-27(23)31-17-21)19-7-9-35(10-8-19)29(37)33-22-3-1-2-4-22;3-2(4,5)1(6)7/h5-7,15-18,22H,1-4,8-14H2,(H,31,32)(H,33,37);(H,6,7). The monoisotopic (exact) mass is 647 g/mol. The second-order valence-electron chi connectivity index (χ2n) is 11.1. The van der Waals surface area contributed by atoms with Gasteiger partial charge in [-0.15, -0.1) is 0 Å². The lowest BCUT2D eigenvalue weighted by Crippen LogP contribution is -2.45. The molecule has 2 aliphatic heterocycles. The van der Waals surface area contributed by atoms with E-state index in [-0.39, 0.29) is 11.9 Å². The Hall–Kier alpha value is -4.10. The lowest BCUT2D eigenvalue weighted by Gasteiger charge is -2.28. The minimum absolute atomic E-state index is 0.0419. The Kier molecular flexibility index (Phi) is 9.98. The summed E-state index contributed by atoms with van der Waals surface area (Å²) in [6.45, 7) is 3.49. The van der Waals surface area contributed by atoms with Gasteiger partial charge in [0.05, 0.1) is 23.8 Å². The maximum absolute atomic E-state index is 13.1. The van der Waals surface area contributed by atoms with Gasteiger partial charge in [-0.3, -0.25) is 4.79 Å². The van der Waals surface area contributed by atoms with E-state index in [4.69, 9.17) is 26.2 Å². The summed E-state index contributed by atoms with van der Waals surface area (Å²) in [6, 6.07) is 8.04. The van der Waals surface area contributed by atoms with Crippen molar-refractivity contribution in [2.24, 2.45) is 0 Å². The second-order valence-corrected chi connectivity index (χ2v) is 11.5. The zero-order chi connectivity index (χ0) is 32.1. The van der Waals surface area contributed by atoms with Crippen LogP contribution in [-0.2, 0) is 9.53 Å². The summed E-state index contributed by atoms with van der Waals surface area (Å²) in [5, 5.41) is 11.8. The van der Waals surface area contributed by atoms with Crippen molar-refractivity contribution < 1.29 is 37.4 Å². The number of nitrogens with one attached hydrogen (secondary N) is 2. The summed E-state index contributed by atoms with van der Waals surface area (Å²) in [4.78, 5) is 46.3. The number of hydrogen-bond acceptors (Lipinski definition) is 5. The van der Waals surface area contributed by atoms with E-state index in [9.17, 15) is 22.8 Å². The second kappa shape index (κ2) is 13.9. The number of aliphatic carboxylic acids is 1. The number of carbonyl (C=O) groups excluding carboxylic acids is 2. The Labute approximate surface area is 262 Å². The molecular formula is C31H33ClF3N5O5. The number of hydrogen-bond donors (Lipinski definition) is 3. The van der Waals surface area contributed by atoms with Crippen molar-refractivity contribution in [3.05, 3.63) is 58.9 Å². The van der Waals surface area contributed by atoms with Crippen LogP contribution in [0.25, 0.3) is 27.7 Å². The molecule has 6 rings (SSSR count). The van der Waals surface area contributed by atoms with Crippen molar-refractivity contribution in [3.8, 4) is 11.1 Å². The first-order chi connectivity index (χ1) is 21.5. The zero-order valence-electron chi connectivity index (χ0n) is 24.3. The highest BCUT2D eigenvalue weighted by Crippen LogP contribution is 2.33. The van der Waals surface area contributed by atoms with Crippen LogP contribution in [0.15, 0.2) is 42.7 Å². The molecule has 0 atom stereocenters. The van der Waals surface area contributed by atoms with Gasteiger partial charge < -0.3 is 29.9 Å². The van der Waals surface area contributed by atoms with Crippen LogP contribution in [0.3, 0.4) is 0 Å². The van der Waals surface area contributed by atoms with Crippen LogP contribution in [0.4, 0.5) is 18.0 Å². The molecule has 1 saturated heterocycles. The number of H-pyrrole nitrogens is 1. The minimum Gasteiger partial charge on any atom is -0.475 e. The van der Waals surface area contributed by atoms with E-state index < -0.39 is 12.1 Å². The molecule has 10 nitrogen and oxygen atoms in total. The van der Waals surface area contributed by atoms with Gasteiger partial charge in [-0.25, -0.2) is 14.6 Å². The minimum atomic E-state index is -5.08. The van der Waals surface area contributed by atoms with Crippen LogP contribution in [0.1, 0.15) is 48.0 Å². The van der Waals surface area contributed by atoms with Gasteiger partial charge in [0.25, 0.3) is 5.91 Å². The van der Waals surface area contributed by atoms with E-state index in [0.717, 1.165) is 47.0 Å². The van der Waals surface area contributed by atoms with Crippen LogP contribution in [-0.4, -0.2) is 94.4 Å². The summed E-state index contributed by atoms with van der Waals surface area (Å²) in [7, 11) is 0. The summed E-state index contributed by atoms with van der Waals surface area (Å²) >= 11 is 6.44. The van der Waals surface area contributed by atoms with Gasteiger partial charge in [0, 0.05) is 61.1 Å². The average molecular weight is 648 g/mol. The fraction of sp³-hybridized carbons (Fsp3) is 0.419. The number of rotatable bonds is 4. The largest absolute Gasteiger partial charge is 0.490 e. The topological polar surface area (TPSA) is 128 Å². The predicted molar refractivity (Wildman–Crippen MR) is 162 cm³/mol. The number of pyridine rings is 1. The lowest BCUT2D eigenvalue weighted by molar-refractivity contribution is -0.192. The van der Waals surface area contributed by atoms with Crippen LogP contribution >= 0.6 is 11.6 Å². The van der Waals surface area contributed by atoms with Crippen LogP contribution in [0.2, 0.25) is 5.02 Å². The highest BCUT2D eigenvalue weighted by atomic mass is 35.5. The van der Waals surface area contributed by atoms with Gasteiger partial charge >= 0.3 is 18.2 Å².